The second-order valence-electron chi connectivity index (χ2n) is 7.31. The molecule has 1 saturated heterocycles. The number of rotatable bonds is 6. The summed E-state index contributed by atoms with van der Waals surface area (Å²) in [6.07, 6.45) is 0.690. The highest BCUT2D eigenvalue weighted by atomic mass is 35.5. The zero-order valence-electron chi connectivity index (χ0n) is 16.9. The minimum Gasteiger partial charge on any atom is -0.356 e. The average molecular weight is 405 g/mol. The van der Waals surface area contributed by atoms with Gasteiger partial charge in [0, 0.05) is 63.7 Å². The third-order valence-electron chi connectivity index (χ3n) is 4.83. The quantitative estimate of drug-likeness (QED) is 0.589. The second kappa shape index (κ2) is 9.89. The fraction of sp³-hybridized carbons (Fsp3) is 0.550. The lowest BCUT2D eigenvalue weighted by Crippen LogP contribution is -2.52. The van der Waals surface area contributed by atoms with Crippen LogP contribution in [-0.4, -0.2) is 65.7 Å². The van der Waals surface area contributed by atoms with E-state index in [1.807, 2.05) is 19.2 Å². The van der Waals surface area contributed by atoms with Crippen molar-refractivity contribution in [3.05, 3.63) is 46.6 Å². The van der Waals surface area contributed by atoms with Gasteiger partial charge in [-0.15, -0.1) is 0 Å². The maximum Gasteiger partial charge on any atom is 0.228 e. The summed E-state index contributed by atoms with van der Waals surface area (Å²) in [4.78, 5) is 13.6. The number of hydrogen-bond donors (Lipinski definition) is 1. The molecular formula is C20H29ClN6O. The van der Waals surface area contributed by atoms with Crippen molar-refractivity contribution in [2.75, 3.05) is 39.8 Å². The number of guanidine groups is 1. The molecule has 1 N–H and O–H groups in total. The van der Waals surface area contributed by atoms with Crippen molar-refractivity contribution in [2.45, 2.75) is 32.7 Å². The summed E-state index contributed by atoms with van der Waals surface area (Å²) in [5.41, 5.74) is 1.29. The summed E-state index contributed by atoms with van der Waals surface area (Å²) in [6.45, 7) is 9.69. The summed E-state index contributed by atoms with van der Waals surface area (Å²) in [5, 5.41) is 8.20. The Morgan fingerprint density at radius 3 is 2.54 bits per heavy atom. The molecule has 0 unspecified atom stereocenters. The molecule has 0 aliphatic carbocycles. The van der Waals surface area contributed by atoms with Crippen LogP contribution in [0.25, 0.3) is 0 Å². The summed E-state index contributed by atoms with van der Waals surface area (Å²) in [5.74, 6) is 2.63. The Bertz CT molecular complexity index is 765. The summed E-state index contributed by atoms with van der Waals surface area (Å²) in [7, 11) is 1.83. The number of hydrogen-bond acceptors (Lipinski definition) is 5. The standard InChI is InChI=1S/C20H29ClN6O/c1-15(2)19-24-18(28-25-19)8-9-23-20(22-3)27-12-10-26(11-13-27)14-16-4-6-17(21)7-5-16/h4-7,15H,8-14H2,1-3H3,(H,22,23). The first kappa shape index (κ1) is 20.6. The van der Waals surface area contributed by atoms with E-state index in [0.29, 0.717) is 12.3 Å². The fourth-order valence-corrected chi connectivity index (χ4v) is 3.31. The maximum absolute atomic E-state index is 5.97. The number of nitrogens with zero attached hydrogens (tertiary/aromatic N) is 5. The molecule has 0 amide bonds. The second-order valence-corrected chi connectivity index (χ2v) is 7.75. The average Bonchev–Trinajstić information content (AvgIpc) is 3.17. The van der Waals surface area contributed by atoms with Crippen LogP contribution in [0.15, 0.2) is 33.8 Å². The molecule has 1 aromatic heterocycles. The molecule has 0 atom stereocenters. The molecule has 1 fully saturated rings. The molecule has 2 aromatic rings. The Labute approximate surface area is 171 Å². The molecule has 3 rings (SSSR count). The highest BCUT2D eigenvalue weighted by Crippen LogP contribution is 2.13. The molecular weight excluding hydrogens is 376 g/mol. The molecule has 1 aliphatic heterocycles. The zero-order valence-corrected chi connectivity index (χ0v) is 17.6. The number of halogens is 1. The normalized spacial score (nSPS) is 16.0. The van der Waals surface area contributed by atoms with Crippen LogP contribution < -0.4 is 5.32 Å². The molecule has 28 heavy (non-hydrogen) atoms. The van der Waals surface area contributed by atoms with Crippen molar-refractivity contribution in [1.82, 2.24) is 25.3 Å². The first-order chi connectivity index (χ1) is 13.5. The van der Waals surface area contributed by atoms with Gasteiger partial charge in [-0.05, 0) is 17.7 Å². The Morgan fingerprint density at radius 1 is 1.21 bits per heavy atom. The Balaban J connectivity index is 1.42. The van der Waals surface area contributed by atoms with Gasteiger partial charge in [0.2, 0.25) is 5.89 Å². The first-order valence-corrected chi connectivity index (χ1v) is 10.2. The van der Waals surface area contributed by atoms with Crippen molar-refractivity contribution in [1.29, 1.82) is 0 Å². The Hall–Kier alpha value is -2.12. The van der Waals surface area contributed by atoms with Gasteiger partial charge in [0.25, 0.3) is 0 Å². The van der Waals surface area contributed by atoms with E-state index in [2.05, 4.69) is 56.2 Å². The van der Waals surface area contributed by atoms with E-state index in [-0.39, 0.29) is 5.92 Å². The number of benzene rings is 1. The van der Waals surface area contributed by atoms with E-state index in [1.54, 1.807) is 0 Å². The van der Waals surface area contributed by atoms with E-state index in [1.165, 1.54) is 5.56 Å². The number of piperazine rings is 1. The highest BCUT2D eigenvalue weighted by molar-refractivity contribution is 6.30. The lowest BCUT2D eigenvalue weighted by Gasteiger charge is -2.36. The van der Waals surface area contributed by atoms with Crippen LogP contribution in [0.1, 0.15) is 37.0 Å². The summed E-state index contributed by atoms with van der Waals surface area (Å²) in [6, 6.07) is 8.09. The SMILES string of the molecule is CN=C(NCCc1nc(C(C)C)no1)N1CCN(Cc2ccc(Cl)cc2)CC1. The van der Waals surface area contributed by atoms with Crippen molar-refractivity contribution in [3.63, 3.8) is 0 Å². The number of aromatic nitrogens is 2. The predicted octanol–water partition coefficient (Wildman–Crippen LogP) is 2.78. The molecule has 0 saturated carbocycles. The van der Waals surface area contributed by atoms with Gasteiger partial charge in [-0.25, -0.2) is 0 Å². The summed E-state index contributed by atoms with van der Waals surface area (Å²) >= 11 is 5.97. The topological polar surface area (TPSA) is 69.8 Å². The Kier molecular flexibility index (Phi) is 7.28. The van der Waals surface area contributed by atoms with Crippen molar-refractivity contribution in [3.8, 4) is 0 Å². The predicted molar refractivity (Wildman–Crippen MR) is 112 cm³/mol. The van der Waals surface area contributed by atoms with E-state index < -0.39 is 0 Å². The van der Waals surface area contributed by atoms with E-state index in [9.17, 15) is 0 Å². The van der Waals surface area contributed by atoms with Gasteiger partial charge in [-0.2, -0.15) is 4.98 Å². The fourth-order valence-electron chi connectivity index (χ4n) is 3.18. The third kappa shape index (κ3) is 5.69. The molecule has 2 heterocycles. The molecule has 0 radical (unpaired) electrons. The lowest BCUT2D eigenvalue weighted by atomic mass is 10.2. The number of aliphatic imine (C=N–C) groups is 1. The van der Waals surface area contributed by atoms with Crippen LogP contribution in [0.2, 0.25) is 5.02 Å². The lowest BCUT2D eigenvalue weighted by molar-refractivity contribution is 0.172. The third-order valence-corrected chi connectivity index (χ3v) is 5.08. The molecule has 7 nitrogen and oxygen atoms in total. The van der Waals surface area contributed by atoms with E-state index in [0.717, 1.165) is 56.1 Å². The first-order valence-electron chi connectivity index (χ1n) is 9.80. The molecule has 1 aliphatic rings. The van der Waals surface area contributed by atoms with Crippen LogP contribution in [-0.2, 0) is 13.0 Å². The molecule has 1 aromatic carbocycles. The minimum atomic E-state index is 0.280. The van der Waals surface area contributed by atoms with E-state index >= 15 is 0 Å². The van der Waals surface area contributed by atoms with Crippen molar-refractivity contribution < 1.29 is 4.52 Å². The smallest absolute Gasteiger partial charge is 0.228 e. The van der Waals surface area contributed by atoms with Gasteiger partial charge in [0.15, 0.2) is 11.8 Å². The monoisotopic (exact) mass is 404 g/mol. The van der Waals surface area contributed by atoms with Gasteiger partial charge in [-0.3, -0.25) is 9.89 Å². The van der Waals surface area contributed by atoms with Crippen molar-refractivity contribution >= 4 is 17.6 Å². The van der Waals surface area contributed by atoms with Crippen LogP contribution in [0.4, 0.5) is 0 Å². The van der Waals surface area contributed by atoms with Gasteiger partial charge in [0.1, 0.15) is 0 Å². The van der Waals surface area contributed by atoms with Crippen LogP contribution in [0.3, 0.4) is 0 Å². The van der Waals surface area contributed by atoms with Gasteiger partial charge >= 0.3 is 0 Å². The van der Waals surface area contributed by atoms with Crippen molar-refractivity contribution in [2.24, 2.45) is 4.99 Å². The molecule has 0 bridgehead atoms. The van der Waals surface area contributed by atoms with Crippen LogP contribution >= 0.6 is 11.6 Å². The molecule has 0 spiro atoms. The summed E-state index contributed by atoms with van der Waals surface area (Å²) < 4.78 is 5.30. The minimum absolute atomic E-state index is 0.280. The van der Waals surface area contributed by atoms with Gasteiger partial charge < -0.3 is 14.7 Å². The van der Waals surface area contributed by atoms with Gasteiger partial charge in [0.05, 0.1) is 0 Å². The largest absolute Gasteiger partial charge is 0.356 e. The number of nitrogens with one attached hydrogen (secondary N) is 1. The maximum atomic E-state index is 5.97. The van der Waals surface area contributed by atoms with Crippen LogP contribution in [0, 0.1) is 0 Å². The molecule has 8 heteroatoms. The Morgan fingerprint density at radius 2 is 1.93 bits per heavy atom. The zero-order chi connectivity index (χ0) is 19.9. The molecule has 152 valence electrons. The van der Waals surface area contributed by atoms with Gasteiger partial charge in [-0.1, -0.05) is 42.7 Å². The van der Waals surface area contributed by atoms with Crippen LogP contribution in [0.5, 0.6) is 0 Å². The van der Waals surface area contributed by atoms with E-state index in [4.69, 9.17) is 16.1 Å². The highest BCUT2D eigenvalue weighted by Gasteiger charge is 2.19.